The number of hydrogen-bond acceptors (Lipinski definition) is 4. The highest BCUT2D eigenvalue weighted by atomic mass is 35.5. The van der Waals surface area contributed by atoms with E-state index in [1.54, 1.807) is 18.2 Å². The number of carbonyl (C=O) groups is 1. The van der Waals surface area contributed by atoms with Crippen molar-refractivity contribution in [3.05, 3.63) is 59.1 Å². The molecule has 2 aromatic carbocycles. The van der Waals surface area contributed by atoms with Crippen LogP contribution in [0.5, 0.6) is 0 Å². The van der Waals surface area contributed by atoms with Gasteiger partial charge in [0.1, 0.15) is 6.54 Å². The van der Waals surface area contributed by atoms with Gasteiger partial charge in [0.05, 0.1) is 10.6 Å². The molecule has 0 aromatic heterocycles. The summed E-state index contributed by atoms with van der Waals surface area (Å²) in [6, 6.07) is 13.1. The zero-order valence-electron chi connectivity index (χ0n) is 17.0. The molecule has 8 heteroatoms. The Balaban J connectivity index is 1.71. The lowest BCUT2D eigenvalue weighted by atomic mass is 10.2. The van der Waals surface area contributed by atoms with Crippen LogP contribution in [0.25, 0.3) is 0 Å². The second-order valence-electron chi connectivity index (χ2n) is 7.43. The highest BCUT2D eigenvalue weighted by Gasteiger charge is 2.27. The third-order valence-corrected chi connectivity index (χ3v) is 8.48. The smallest absolute Gasteiger partial charge is 0.264 e. The molecule has 0 spiro atoms. The molecule has 0 saturated heterocycles. The Morgan fingerprint density at radius 2 is 1.87 bits per heavy atom. The van der Waals surface area contributed by atoms with Crippen molar-refractivity contribution in [2.24, 2.45) is 0 Å². The predicted octanol–water partition coefficient (Wildman–Crippen LogP) is 4.64. The van der Waals surface area contributed by atoms with Gasteiger partial charge in [0.2, 0.25) is 5.91 Å². The van der Waals surface area contributed by atoms with E-state index in [1.165, 1.54) is 49.9 Å². The summed E-state index contributed by atoms with van der Waals surface area (Å²) in [5, 5.41) is 4.01. The number of nitrogens with one attached hydrogen (secondary N) is 1. The second kappa shape index (κ2) is 10.6. The first-order valence-corrected chi connectivity index (χ1v) is 13.0. The van der Waals surface area contributed by atoms with Crippen LogP contribution in [0.4, 0.5) is 5.69 Å². The quantitative estimate of drug-likeness (QED) is 0.547. The number of rotatable bonds is 9. The summed E-state index contributed by atoms with van der Waals surface area (Å²) in [7, 11) is -3.92. The molecule has 2 aromatic rings. The van der Waals surface area contributed by atoms with E-state index in [2.05, 4.69) is 5.32 Å². The number of benzene rings is 2. The molecule has 162 valence electrons. The molecule has 30 heavy (non-hydrogen) atoms. The topological polar surface area (TPSA) is 66.5 Å². The maximum atomic E-state index is 13.3. The number of aryl methyl sites for hydroxylation is 1. The first-order chi connectivity index (χ1) is 14.4. The highest BCUT2D eigenvalue weighted by molar-refractivity contribution is 7.99. The normalized spacial score (nSPS) is 14.6. The largest absolute Gasteiger partial charge is 0.354 e. The summed E-state index contributed by atoms with van der Waals surface area (Å²) < 4.78 is 27.7. The van der Waals surface area contributed by atoms with Gasteiger partial charge in [-0.2, -0.15) is 11.8 Å². The van der Waals surface area contributed by atoms with Crippen molar-refractivity contribution in [1.82, 2.24) is 5.32 Å². The van der Waals surface area contributed by atoms with Crippen molar-refractivity contribution < 1.29 is 13.2 Å². The Labute approximate surface area is 188 Å². The zero-order valence-corrected chi connectivity index (χ0v) is 19.4. The van der Waals surface area contributed by atoms with E-state index < -0.39 is 10.0 Å². The first-order valence-electron chi connectivity index (χ1n) is 10.1. The Kier molecular flexibility index (Phi) is 8.08. The minimum absolute atomic E-state index is 0.0954. The molecule has 1 N–H and O–H groups in total. The van der Waals surface area contributed by atoms with Gasteiger partial charge in [-0.05, 0) is 61.7 Å². The summed E-state index contributed by atoms with van der Waals surface area (Å²) in [5.41, 5.74) is 1.37. The average molecular weight is 467 g/mol. The second-order valence-corrected chi connectivity index (χ2v) is 11.1. The van der Waals surface area contributed by atoms with E-state index in [-0.39, 0.29) is 17.3 Å². The van der Waals surface area contributed by atoms with E-state index in [9.17, 15) is 13.2 Å². The Bertz CT molecular complexity index is 959. The number of sulfonamides is 1. The molecule has 1 saturated carbocycles. The third kappa shape index (κ3) is 6.15. The number of thioether (sulfide) groups is 1. The minimum Gasteiger partial charge on any atom is -0.354 e. The summed E-state index contributed by atoms with van der Waals surface area (Å²) in [6.07, 6.45) is 5.08. The standard InChI is InChI=1S/C22H27ClN2O3S2/c1-17-5-4-6-19(15-17)25(30(27,28)21-11-9-18(23)10-12-21)16-22(26)24-13-14-29-20-7-2-3-8-20/h4-6,9-12,15,20H,2-3,7-8,13-14,16H2,1H3,(H,24,26). The fourth-order valence-electron chi connectivity index (χ4n) is 3.49. The van der Waals surface area contributed by atoms with Crippen LogP contribution in [0, 0.1) is 6.92 Å². The van der Waals surface area contributed by atoms with Crippen LogP contribution in [0.1, 0.15) is 31.2 Å². The monoisotopic (exact) mass is 466 g/mol. The summed E-state index contributed by atoms with van der Waals surface area (Å²) in [6.45, 7) is 2.14. The summed E-state index contributed by atoms with van der Waals surface area (Å²) in [5.74, 6) is 0.520. The van der Waals surface area contributed by atoms with Crippen molar-refractivity contribution >= 4 is 45.0 Å². The van der Waals surface area contributed by atoms with Gasteiger partial charge < -0.3 is 5.32 Å². The van der Waals surface area contributed by atoms with E-state index >= 15 is 0 Å². The van der Waals surface area contributed by atoms with Crippen LogP contribution < -0.4 is 9.62 Å². The van der Waals surface area contributed by atoms with Crippen LogP contribution in [0.15, 0.2) is 53.4 Å². The molecule has 0 unspecified atom stereocenters. The lowest BCUT2D eigenvalue weighted by Crippen LogP contribution is -2.41. The van der Waals surface area contributed by atoms with Crippen LogP contribution in [0.2, 0.25) is 5.02 Å². The van der Waals surface area contributed by atoms with Crippen molar-refractivity contribution in [2.75, 3.05) is 23.1 Å². The number of halogens is 1. The molecule has 0 heterocycles. The summed E-state index contributed by atoms with van der Waals surface area (Å²) >= 11 is 7.79. The van der Waals surface area contributed by atoms with E-state index in [0.717, 1.165) is 15.6 Å². The molecule has 1 amide bonds. The highest BCUT2D eigenvalue weighted by Crippen LogP contribution is 2.29. The molecule has 5 nitrogen and oxygen atoms in total. The van der Waals surface area contributed by atoms with Gasteiger partial charge in [0.15, 0.2) is 0 Å². The molecular weight excluding hydrogens is 440 g/mol. The minimum atomic E-state index is -3.92. The molecule has 1 aliphatic carbocycles. The molecule has 1 fully saturated rings. The van der Waals surface area contributed by atoms with Gasteiger partial charge >= 0.3 is 0 Å². The van der Waals surface area contributed by atoms with Gasteiger partial charge in [-0.15, -0.1) is 0 Å². The first kappa shape index (κ1) is 23.0. The number of carbonyl (C=O) groups excluding carboxylic acids is 1. The van der Waals surface area contributed by atoms with E-state index in [0.29, 0.717) is 22.5 Å². The van der Waals surface area contributed by atoms with E-state index in [4.69, 9.17) is 11.6 Å². The van der Waals surface area contributed by atoms with Gasteiger partial charge in [-0.3, -0.25) is 9.10 Å². The molecule has 3 rings (SSSR count). The van der Waals surface area contributed by atoms with Crippen molar-refractivity contribution in [2.45, 2.75) is 42.8 Å². The fourth-order valence-corrected chi connectivity index (χ4v) is 6.25. The maximum absolute atomic E-state index is 13.3. The van der Waals surface area contributed by atoms with Crippen molar-refractivity contribution in [1.29, 1.82) is 0 Å². The average Bonchev–Trinajstić information content (AvgIpc) is 3.23. The van der Waals surface area contributed by atoms with Crippen LogP contribution in [-0.4, -0.2) is 38.4 Å². The van der Waals surface area contributed by atoms with Crippen LogP contribution >= 0.6 is 23.4 Å². The van der Waals surface area contributed by atoms with Gasteiger partial charge in [-0.1, -0.05) is 36.6 Å². The molecule has 1 aliphatic rings. The third-order valence-electron chi connectivity index (χ3n) is 5.06. The molecule has 0 bridgehead atoms. The number of amides is 1. The van der Waals surface area contributed by atoms with Crippen molar-refractivity contribution in [3.8, 4) is 0 Å². The maximum Gasteiger partial charge on any atom is 0.264 e. The Morgan fingerprint density at radius 3 is 2.53 bits per heavy atom. The number of hydrogen-bond donors (Lipinski definition) is 1. The van der Waals surface area contributed by atoms with Gasteiger partial charge in [-0.25, -0.2) is 8.42 Å². The zero-order chi connectivity index (χ0) is 21.6. The molecule has 0 atom stereocenters. The lowest BCUT2D eigenvalue weighted by Gasteiger charge is -2.24. The SMILES string of the molecule is Cc1cccc(N(CC(=O)NCCSC2CCCC2)S(=O)(=O)c2ccc(Cl)cc2)c1. The van der Waals surface area contributed by atoms with Gasteiger partial charge in [0.25, 0.3) is 10.0 Å². The lowest BCUT2D eigenvalue weighted by molar-refractivity contribution is -0.119. The number of nitrogens with zero attached hydrogens (tertiary/aromatic N) is 1. The fraction of sp³-hybridized carbons (Fsp3) is 0.409. The number of anilines is 1. The van der Waals surface area contributed by atoms with E-state index in [1.807, 2.05) is 24.8 Å². The molecular formula is C22H27ClN2O3S2. The van der Waals surface area contributed by atoms with Crippen molar-refractivity contribution in [3.63, 3.8) is 0 Å². The molecule has 0 radical (unpaired) electrons. The summed E-state index contributed by atoms with van der Waals surface area (Å²) in [4.78, 5) is 12.7. The Hall–Kier alpha value is -1.70. The molecule has 0 aliphatic heterocycles. The van der Waals surface area contributed by atoms with Gasteiger partial charge in [0, 0.05) is 22.6 Å². The predicted molar refractivity (Wildman–Crippen MR) is 125 cm³/mol. The Morgan fingerprint density at radius 1 is 1.17 bits per heavy atom. The van der Waals surface area contributed by atoms with Crippen LogP contribution in [0.3, 0.4) is 0 Å². The van der Waals surface area contributed by atoms with Crippen LogP contribution in [-0.2, 0) is 14.8 Å².